The maximum absolute atomic E-state index is 11.4. The fraction of sp³-hybridized carbons (Fsp3) is 0.591. The van der Waals surface area contributed by atoms with Crippen LogP contribution in [0.3, 0.4) is 0 Å². The van der Waals surface area contributed by atoms with Crippen LogP contribution in [-0.4, -0.2) is 12.1 Å². The summed E-state index contributed by atoms with van der Waals surface area (Å²) in [5.41, 5.74) is 3.87. The molecule has 1 aliphatic rings. The molecule has 0 aromatic rings. The van der Waals surface area contributed by atoms with E-state index in [2.05, 4.69) is 65.0 Å². The monoisotopic (exact) mass is 330 g/mol. The molecule has 0 unspecified atom stereocenters. The Kier molecular flexibility index (Phi) is 8.81. The van der Waals surface area contributed by atoms with Crippen molar-refractivity contribution in [2.75, 3.05) is 0 Å². The van der Waals surface area contributed by atoms with Gasteiger partial charge in [0.25, 0.3) is 0 Å². The summed E-state index contributed by atoms with van der Waals surface area (Å²) in [5, 5.41) is 0. The molecule has 0 radical (unpaired) electrons. The van der Waals surface area contributed by atoms with Crippen molar-refractivity contribution in [3.05, 3.63) is 47.1 Å². The van der Waals surface area contributed by atoms with Gasteiger partial charge in [-0.25, -0.2) is 0 Å². The molecule has 24 heavy (non-hydrogen) atoms. The van der Waals surface area contributed by atoms with E-state index in [1.807, 2.05) is 0 Å². The molecule has 0 aromatic heterocycles. The highest BCUT2D eigenvalue weighted by Gasteiger charge is 2.13. The highest BCUT2D eigenvalue weighted by molar-refractivity contribution is 5.66. The van der Waals surface area contributed by atoms with E-state index in [9.17, 15) is 4.79 Å². The molecule has 0 bridgehead atoms. The number of esters is 1. The third kappa shape index (κ3) is 8.33. The lowest BCUT2D eigenvalue weighted by atomic mass is 9.88. The molecule has 2 nitrogen and oxygen atoms in total. The third-order valence-electron chi connectivity index (χ3n) is 4.55. The van der Waals surface area contributed by atoms with E-state index in [0.29, 0.717) is 11.8 Å². The van der Waals surface area contributed by atoms with Gasteiger partial charge < -0.3 is 4.74 Å². The number of rotatable bonds is 2. The summed E-state index contributed by atoms with van der Waals surface area (Å²) in [6.45, 7) is 12.5. The largest absolute Gasteiger partial charge is 0.458 e. The van der Waals surface area contributed by atoms with Gasteiger partial charge >= 0.3 is 5.97 Å². The van der Waals surface area contributed by atoms with Gasteiger partial charge in [0.1, 0.15) is 6.10 Å². The van der Waals surface area contributed by atoms with Gasteiger partial charge in [-0.3, -0.25) is 4.79 Å². The lowest BCUT2D eigenvalue weighted by molar-refractivity contribution is -0.144. The highest BCUT2D eigenvalue weighted by atomic mass is 16.5. The van der Waals surface area contributed by atoms with Crippen LogP contribution in [0.15, 0.2) is 47.1 Å². The van der Waals surface area contributed by atoms with Crippen molar-refractivity contribution >= 4 is 5.97 Å². The molecule has 1 aliphatic carbocycles. The zero-order chi connectivity index (χ0) is 18.1. The van der Waals surface area contributed by atoms with E-state index in [1.54, 1.807) is 0 Å². The van der Waals surface area contributed by atoms with Crippen molar-refractivity contribution in [1.29, 1.82) is 0 Å². The molecule has 2 heteroatoms. The molecule has 0 amide bonds. The first kappa shape index (κ1) is 20.5. The molecule has 0 saturated carbocycles. The van der Waals surface area contributed by atoms with Crippen molar-refractivity contribution in [2.24, 2.45) is 11.8 Å². The Morgan fingerprint density at radius 1 is 1.17 bits per heavy atom. The molecular weight excluding hydrogens is 296 g/mol. The molecule has 0 aliphatic heterocycles. The van der Waals surface area contributed by atoms with E-state index in [4.69, 9.17) is 4.74 Å². The average Bonchev–Trinajstić information content (AvgIpc) is 2.45. The van der Waals surface area contributed by atoms with Crippen molar-refractivity contribution in [3.63, 3.8) is 0 Å². The van der Waals surface area contributed by atoms with E-state index >= 15 is 0 Å². The third-order valence-corrected chi connectivity index (χ3v) is 4.55. The second-order valence-corrected chi connectivity index (χ2v) is 7.41. The highest BCUT2D eigenvalue weighted by Crippen LogP contribution is 2.23. The zero-order valence-electron chi connectivity index (χ0n) is 16.3. The van der Waals surface area contributed by atoms with Gasteiger partial charge in [0.05, 0.1) is 0 Å². The number of allylic oxidation sites excluding steroid dienone is 6. The first-order valence-corrected chi connectivity index (χ1v) is 9.13. The Labute approximate surface area is 148 Å². The number of carbonyl (C=O) groups is 1. The summed E-state index contributed by atoms with van der Waals surface area (Å²) < 4.78 is 5.50. The molecule has 1 rings (SSSR count). The van der Waals surface area contributed by atoms with Crippen LogP contribution < -0.4 is 0 Å². The van der Waals surface area contributed by atoms with Crippen LogP contribution in [0.1, 0.15) is 67.2 Å². The van der Waals surface area contributed by atoms with Crippen molar-refractivity contribution in [2.45, 2.75) is 73.3 Å². The van der Waals surface area contributed by atoms with Crippen LogP contribution in [0.2, 0.25) is 0 Å². The number of ether oxygens (including phenoxy) is 1. The van der Waals surface area contributed by atoms with Crippen LogP contribution in [0.4, 0.5) is 0 Å². The molecule has 0 heterocycles. The fourth-order valence-electron chi connectivity index (χ4n) is 2.98. The fourth-order valence-corrected chi connectivity index (χ4v) is 2.98. The first-order valence-electron chi connectivity index (χ1n) is 9.13. The van der Waals surface area contributed by atoms with E-state index < -0.39 is 0 Å². The van der Waals surface area contributed by atoms with Gasteiger partial charge in [-0.2, -0.15) is 0 Å². The van der Waals surface area contributed by atoms with Gasteiger partial charge in [0.15, 0.2) is 0 Å². The van der Waals surface area contributed by atoms with Gasteiger partial charge in [-0.1, -0.05) is 54.9 Å². The first-order chi connectivity index (χ1) is 11.3. The van der Waals surface area contributed by atoms with Gasteiger partial charge in [0, 0.05) is 13.3 Å². The Morgan fingerprint density at radius 2 is 1.88 bits per heavy atom. The number of hydrogen-bond donors (Lipinski definition) is 0. The minimum atomic E-state index is -0.211. The summed E-state index contributed by atoms with van der Waals surface area (Å²) >= 11 is 0. The van der Waals surface area contributed by atoms with E-state index in [1.165, 1.54) is 23.6 Å². The maximum atomic E-state index is 11.4. The molecule has 134 valence electrons. The van der Waals surface area contributed by atoms with Crippen molar-refractivity contribution < 1.29 is 9.53 Å². The number of carbonyl (C=O) groups excluding carboxylic acids is 1. The Bertz CT molecular complexity index is 532. The molecule has 0 fully saturated rings. The molecule has 2 atom stereocenters. The molecular formula is C22H34O2. The predicted octanol–water partition coefficient (Wildman–Crippen LogP) is 6.16. The summed E-state index contributed by atoms with van der Waals surface area (Å²) in [7, 11) is 0. The van der Waals surface area contributed by atoms with Gasteiger partial charge in [0.2, 0.25) is 0 Å². The Morgan fingerprint density at radius 3 is 2.50 bits per heavy atom. The van der Waals surface area contributed by atoms with E-state index in [-0.39, 0.29) is 12.1 Å². The van der Waals surface area contributed by atoms with Crippen LogP contribution in [0, 0.1) is 11.8 Å². The summed E-state index contributed by atoms with van der Waals surface area (Å²) in [6, 6.07) is 0. The van der Waals surface area contributed by atoms with Crippen LogP contribution in [0.25, 0.3) is 0 Å². The molecule has 0 N–H and O–H groups in total. The second-order valence-electron chi connectivity index (χ2n) is 7.41. The molecule has 0 saturated heterocycles. The molecule has 0 spiro atoms. The lowest BCUT2D eigenvalue weighted by Crippen LogP contribution is -2.15. The Hall–Kier alpha value is -1.57. The standard InChI is InChI=1S/C22H34O2/c1-16(2)21-12-10-17(3)8-7-9-18(4)14-22(24-20(6)23)15-19(5)11-13-21/h8-10,12,15-16,21-22H,7,11,13-14H2,1-6H3/b12-10?,17-8-,18-9+,19-15+/t21-,22+/m0/s1. The van der Waals surface area contributed by atoms with Crippen molar-refractivity contribution in [3.8, 4) is 0 Å². The SMILES string of the molecule is CC(=O)O[C@H]1/C=C(\C)CC[C@@H](C(C)C)C=C/C(C)=C\C/C=C(\C)C1. The average molecular weight is 331 g/mol. The van der Waals surface area contributed by atoms with Gasteiger partial charge in [-0.15, -0.1) is 0 Å². The van der Waals surface area contributed by atoms with Crippen LogP contribution >= 0.6 is 0 Å². The summed E-state index contributed by atoms with van der Waals surface area (Å²) in [6.07, 6.45) is 14.9. The minimum Gasteiger partial charge on any atom is -0.458 e. The molecule has 0 aromatic carbocycles. The zero-order valence-corrected chi connectivity index (χ0v) is 16.3. The van der Waals surface area contributed by atoms with Crippen LogP contribution in [0.5, 0.6) is 0 Å². The maximum Gasteiger partial charge on any atom is 0.303 e. The van der Waals surface area contributed by atoms with E-state index in [0.717, 1.165) is 25.7 Å². The minimum absolute atomic E-state index is 0.153. The van der Waals surface area contributed by atoms with Crippen LogP contribution in [-0.2, 0) is 9.53 Å². The normalized spacial score (nSPS) is 30.4. The smallest absolute Gasteiger partial charge is 0.303 e. The summed E-state index contributed by atoms with van der Waals surface area (Å²) in [5.74, 6) is 0.988. The Balaban J connectivity index is 3.04. The number of hydrogen-bond acceptors (Lipinski definition) is 2. The quantitative estimate of drug-likeness (QED) is 0.448. The predicted molar refractivity (Wildman–Crippen MR) is 103 cm³/mol. The summed E-state index contributed by atoms with van der Waals surface area (Å²) in [4.78, 5) is 11.4. The topological polar surface area (TPSA) is 26.3 Å². The lowest BCUT2D eigenvalue weighted by Gasteiger charge is -2.19. The second kappa shape index (κ2) is 10.3. The van der Waals surface area contributed by atoms with Gasteiger partial charge in [-0.05, 0) is 57.9 Å². The van der Waals surface area contributed by atoms with Crippen molar-refractivity contribution in [1.82, 2.24) is 0 Å².